The Kier molecular flexibility index (Phi) is 4.46. The van der Waals surface area contributed by atoms with Gasteiger partial charge in [0.15, 0.2) is 11.5 Å². The second kappa shape index (κ2) is 6.17. The van der Waals surface area contributed by atoms with Crippen LogP contribution in [0.5, 0.6) is 11.5 Å². The first-order valence-electron chi connectivity index (χ1n) is 8.03. The standard InChI is InChI=1S/C17H24BrNO2/c1-2-12-15(17(11-19)6-3-4-7-17)13(18)10-14-16(12)21-9-5-8-20-14/h10H,2-9,11,19H2,1H3. The van der Waals surface area contributed by atoms with Gasteiger partial charge in [-0.1, -0.05) is 35.7 Å². The van der Waals surface area contributed by atoms with Crippen molar-refractivity contribution in [2.24, 2.45) is 5.73 Å². The van der Waals surface area contributed by atoms with Crippen LogP contribution < -0.4 is 15.2 Å². The fourth-order valence-electron chi connectivity index (χ4n) is 3.86. The highest BCUT2D eigenvalue weighted by atomic mass is 79.9. The summed E-state index contributed by atoms with van der Waals surface area (Å²) < 4.78 is 13.0. The van der Waals surface area contributed by atoms with E-state index in [2.05, 4.69) is 28.9 Å². The van der Waals surface area contributed by atoms with Gasteiger partial charge in [-0.25, -0.2) is 0 Å². The molecular formula is C17H24BrNO2. The zero-order valence-electron chi connectivity index (χ0n) is 12.7. The van der Waals surface area contributed by atoms with E-state index in [4.69, 9.17) is 15.2 Å². The van der Waals surface area contributed by atoms with Gasteiger partial charge in [-0.2, -0.15) is 0 Å². The maximum absolute atomic E-state index is 6.21. The third-order valence-corrected chi connectivity index (χ3v) is 5.55. The third-order valence-electron chi connectivity index (χ3n) is 4.92. The molecule has 1 aliphatic carbocycles. The van der Waals surface area contributed by atoms with Gasteiger partial charge in [0, 0.05) is 28.4 Å². The van der Waals surface area contributed by atoms with Crippen LogP contribution in [0.25, 0.3) is 0 Å². The Balaban J connectivity index is 2.18. The largest absolute Gasteiger partial charge is 0.490 e. The molecule has 1 fully saturated rings. The minimum Gasteiger partial charge on any atom is -0.490 e. The lowest BCUT2D eigenvalue weighted by molar-refractivity contribution is 0.296. The van der Waals surface area contributed by atoms with Gasteiger partial charge in [0.25, 0.3) is 0 Å². The Morgan fingerprint density at radius 1 is 1.19 bits per heavy atom. The molecule has 0 aromatic heterocycles. The zero-order chi connectivity index (χ0) is 14.9. The van der Waals surface area contributed by atoms with E-state index in [-0.39, 0.29) is 5.41 Å². The van der Waals surface area contributed by atoms with Gasteiger partial charge in [0.2, 0.25) is 0 Å². The SMILES string of the molecule is CCc1c2c(cc(Br)c1C1(CN)CCCC1)OCCCO2. The summed E-state index contributed by atoms with van der Waals surface area (Å²) in [5.41, 5.74) is 8.97. The fraction of sp³-hybridized carbons (Fsp3) is 0.647. The highest BCUT2D eigenvalue weighted by molar-refractivity contribution is 9.10. The van der Waals surface area contributed by atoms with Crippen molar-refractivity contribution in [1.29, 1.82) is 0 Å². The molecule has 21 heavy (non-hydrogen) atoms. The molecule has 1 aromatic carbocycles. The lowest BCUT2D eigenvalue weighted by atomic mass is 9.76. The van der Waals surface area contributed by atoms with Crippen LogP contribution in [-0.2, 0) is 11.8 Å². The molecule has 1 aromatic rings. The molecule has 3 rings (SSSR count). The molecule has 1 saturated carbocycles. The Labute approximate surface area is 135 Å². The summed E-state index contributed by atoms with van der Waals surface area (Å²) in [5.74, 6) is 1.83. The highest BCUT2D eigenvalue weighted by Crippen LogP contribution is 2.50. The van der Waals surface area contributed by atoms with Crippen LogP contribution in [-0.4, -0.2) is 19.8 Å². The van der Waals surface area contributed by atoms with Crippen molar-refractivity contribution in [3.8, 4) is 11.5 Å². The lowest BCUT2D eigenvalue weighted by Gasteiger charge is -2.32. The minimum atomic E-state index is 0.106. The van der Waals surface area contributed by atoms with E-state index in [1.54, 1.807) is 0 Å². The average Bonchev–Trinajstić information content (AvgIpc) is 2.86. The molecule has 1 aliphatic heterocycles. The maximum atomic E-state index is 6.21. The molecule has 4 heteroatoms. The second-order valence-corrected chi connectivity index (χ2v) is 6.99. The molecule has 1 heterocycles. The van der Waals surface area contributed by atoms with Crippen LogP contribution in [0, 0.1) is 0 Å². The maximum Gasteiger partial charge on any atom is 0.164 e. The second-order valence-electron chi connectivity index (χ2n) is 6.13. The number of halogens is 1. The van der Waals surface area contributed by atoms with E-state index in [0.717, 1.165) is 42.0 Å². The van der Waals surface area contributed by atoms with Crippen LogP contribution in [0.4, 0.5) is 0 Å². The van der Waals surface area contributed by atoms with E-state index in [1.165, 1.54) is 36.8 Å². The highest BCUT2D eigenvalue weighted by Gasteiger charge is 2.39. The van der Waals surface area contributed by atoms with Gasteiger partial charge < -0.3 is 15.2 Å². The van der Waals surface area contributed by atoms with E-state index in [9.17, 15) is 0 Å². The average molecular weight is 354 g/mol. The minimum absolute atomic E-state index is 0.106. The number of ether oxygens (including phenoxy) is 2. The molecular weight excluding hydrogens is 330 g/mol. The Morgan fingerprint density at radius 3 is 2.57 bits per heavy atom. The molecule has 0 bridgehead atoms. The molecule has 2 N–H and O–H groups in total. The van der Waals surface area contributed by atoms with E-state index in [0.29, 0.717) is 6.54 Å². The molecule has 0 spiro atoms. The number of hydrogen-bond donors (Lipinski definition) is 1. The Morgan fingerprint density at radius 2 is 1.90 bits per heavy atom. The van der Waals surface area contributed by atoms with E-state index >= 15 is 0 Å². The molecule has 0 amide bonds. The van der Waals surface area contributed by atoms with Crippen LogP contribution in [0.3, 0.4) is 0 Å². The number of benzene rings is 1. The quantitative estimate of drug-likeness (QED) is 0.894. The van der Waals surface area contributed by atoms with Crippen molar-refractivity contribution in [2.45, 2.75) is 50.9 Å². The summed E-state index contributed by atoms with van der Waals surface area (Å²) >= 11 is 3.79. The predicted octanol–water partition coefficient (Wildman–Crippen LogP) is 3.94. The molecule has 0 saturated heterocycles. The van der Waals surface area contributed by atoms with Gasteiger partial charge in [0.1, 0.15) is 0 Å². The van der Waals surface area contributed by atoms with Crippen molar-refractivity contribution in [3.63, 3.8) is 0 Å². The first-order chi connectivity index (χ1) is 10.2. The molecule has 116 valence electrons. The van der Waals surface area contributed by atoms with Gasteiger partial charge in [-0.15, -0.1) is 0 Å². The van der Waals surface area contributed by atoms with E-state index in [1.807, 2.05) is 0 Å². The van der Waals surface area contributed by atoms with Gasteiger partial charge in [-0.05, 0) is 30.9 Å². The summed E-state index contributed by atoms with van der Waals surface area (Å²) in [5, 5.41) is 0. The molecule has 2 aliphatic rings. The topological polar surface area (TPSA) is 44.5 Å². The number of rotatable bonds is 3. The monoisotopic (exact) mass is 353 g/mol. The third kappa shape index (κ3) is 2.57. The zero-order valence-corrected chi connectivity index (χ0v) is 14.3. The number of fused-ring (bicyclic) bond motifs is 1. The molecule has 3 nitrogen and oxygen atoms in total. The first kappa shape index (κ1) is 15.2. The normalized spacial score (nSPS) is 20.3. The molecule has 0 atom stereocenters. The van der Waals surface area contributed by atoms with Crippen molar-refractivity contribution in [1.82, 2.24) is 0 Å². The number of nitrogens with two attached hydrogens (primary N) is 1. The van der Waals surface area contributed by atoms with Crippen molar-refractivity contribution in [2.75, 3.05) is 19.8 Å². The van der Waals surface area contributed by atoms with E-state index < -0.39 is 0 Å². The predicted molar refractivity (Wildman–Crippen MR) is 88.3 cm³/mol. The molecule has 0 radical (unpaired) electrons. The smallest absolute Gasteiger partial charge is 0.164 e. The molecule has 0 unspecified atom stereocenters. The van der Waals surface area contributed by atoms with Gasteiger partial charge >= 0.3 is 0 Å². The summed E-state index contributed by atoms with van der Waals surface area (Å²) in [6, 6.07) is 2.09. The van der Waals surface area contributed by atoms with Crippen LogP contribution in [0.15, 0.2) is 10.5 Å². The van der Waals surface area contributed by atoms with Crippen LogP contribution in [0.1, 0.15) is 50.2 Å². The fourth-order valence-corrected chi connectivity index (χ4v) is 4.73. The summed E-state index contributed by atoms with van der Waals surface area (Å²) in [7, 11) is 0. The van der Waals surface area contributed by atoms with Crippen molar-refractivity contribution in [3.05, 3.63) is 21.7 Å². The Bertz CT molecular complexity index is 524. The summed E-state index contributed by atoms with van der Waals surface area (Å²) in [6.07, 6.45) is 6.76. The summed E-state index contributed by atoms with van der Waals surface area (Å²) in [6.45, 7) is 4.36. The van der Waals surface area contributed by atoms with Crippen molar-refractivity contribution < 1.29 is 9.47 Å². The first-order valence-corrected chi connectivity index (χ1v) is 8.82. The van der Waals surface area contributed by atoms with Gasteiger partial charge in [0.05, 0.1) is 13.2 Å². The summed E-state index contributed by atoms with van der Waals surface area (Å²) in [4.78, 5) is 0. The lowest BCUT2D eigenvalue weighted by Crippen LogP contribution is -2.33. The van der Waals surface area contributed by atoms with Crippen LogP contribution in [0.2, 0.25) is 0 Å². The Hall–Kier alpha value is -0.740. The number of hydrogen-bond acceptors (Lipinski definition) is 3. The van der Waals surface area contributed by atoms with Crippen molar-refractivity contribution >= 4 is 15.9 Å². The van der Waals surface area contributed by atoms with Crippen LogP contribution >= 0.6 is 15.9 Å². The van der Waals surface area contributed by atoms with Gasteiger partial charge in [-0.3, -0.25) is 0 Å².